The average molecular weight is 296 g/mol. The molecule has 1 aromatic heterocycles. The molecule has 0 aliphatic heterocycles. The number of hydrogen-bond donors (Lipinski definition) is 1. The van der Waals surface area contributed by atoms with E-state index in [9.17, 15) is 8.78 Å². The Morgan fingerprint density at radius 1 is 1.47 bits per heavy atom. The number of aryl methyl sites for hydroxylation is 2. The van der Waals surface area contributed by atoms with Crippen molar-refractivity contribution in [1.82, 2.24) is 9.78 Å². The molecule has 0 amide bonds. The van der Waals surface area contributed by atoms with E-state index in [0.717, 1.165) is 17.9 Å². The van der Waals surface area contributed by atoms with Crippen LogP contribution in [-0.4, -0.2) is 35.5 Å². The van der Waals surface area contributed by atoms with E-state index in [4.69, 9.17) is 22.1 Å². The highest BCUT2D eigenvalue weighted by Crippen LogP contribution is 2.21. The molecule has 0 fully saturated rings. The van der Waals surface area contributed by atoms with Crippen molar-refractivity contribution < 1.29 is 13.5 Å². The molecule has 7 heteroatoms. The summed E-state index contributed by atoms with van der Waals surface area (Å²) >= 11 is 6.17. The maximum absolute atomic E-state index is 11.9. The summed E-state index contributed by atoms with van der Waals surface area (Å²) in [6.07, 6.45) is -1.36. The van der Waals surface area contributed by atoms with Crippen molar-refractivity contribution in [2.45, 2.75) is 45.7 Å². The van der Waals surface area contributed by atoms with Gasteiger partial charge in [0.1, 0.15) is 6.61 Å². The number of hydrogen-bond acceptors (Lipinski definition) is 3. The Balaban J connectivity index is 2.46. The van der Waals surface area contributed by atoms with E-state index in [1.165, 1.54) is 0 Å². The van der Waals surface area contributed by atoms with Gasteiger partial charge in [-0.05, 0) is 20.3 Å². The fourth-order valence-electron chi connectivity index (χ4n) is 1.82. The van der Waals surface area contributed by atoms with Crippen molar-refractivity contribution in [2.24, 2.45) is 5.73 Å². The van der Waals surface area contributed by atoms with Crippen LogP contribution in [0, 0.1) is 6.92 Å². The topological polar surface area (TPSA) is 53.1 Å². The predicted molar refractivity (Wildman–Crippen MR) is 70.8 cm³/mol. The molecule has 1 rings (SSSR count). The second-order valence-corrected chi connectivity index (χ2v) is 4.76. The monoisotopic (exact) mass is 295 g/mol. The molecule has 19 heavy (non-hydrogen) atoms. The highest BCUT2D eigenvalue weighted by atomic mass is 35.5. The molecule has 4 nitrogen and oxygen atoms in total. The summed E-state index contributed by atoms with van der Waals surface area (Å²) in [7, 11) is 0. The van der Waals surface area contributed by atoms with E-state index < -0.39 is 13.0 Å². The van der Waals surface area contributed by atoms with Crippen molar-refractivity contribution in [3.63, 3.8) is 0 Å². The van der Waals surface area contributed by atoms with E-state index >= 15 is 0 Å². The second kappa shape index (κ2) is 7.77. The average Bonchev–Trinajstić information content (AvgIpc) is 2.62. The van der Waals surface area contributed by atoms with Gasteiger partial charge in [0.15, 0.2) is 0 Å². The van der Waals surface area contributed by atoms with Crippen LogP contribution < -0.4 is 5.73 Å². The molecule has 0 bridgehead atoms. The molecule has 110 valence electrons. The van der Waals surface area contributed by atoms with E-state index in [1.54, 1.807) is 0 Å². The third kappa shape index (κ3) is 5.04. The molecular formula is C12H20ClF2N3O. The van der Waals surface area contributed by atoms with E-state index in [1.807, 2.05) is 18.5 Å². The number of nitrogens with two attached hydrogens (primary N) is 1. The Labute approximate surface area is 116 Å². The van der Waals surface area contributed by atoms with Gasteiger partial charge < -0.3 is 10.5 Å². The van der Waals surface area contributed by atoms with Crippen molar-refractivity contribution in [3.8, 4) is 0 Å². The van der Waals surface area contributed by atoms with Gasteiger partial charge in [-0.25, -0.2) is 8.78 Å². The summed E-state index contributed by atoms with van der Waals surface area (Å²) in [6, 6.07) is -0.184. The first kappa shape index (κ1) is 16.3. The maximum Gasteiger partial charge on any atom is 0.261 e. The van der Waals surface area contributed by atoms with E-state index in [0.29, 0.717) is 17.9 Å². The number of rotatable bonds is 8. The lowest BCUT2D eigenvalue weighted by molar-refractivity contribution is 0.0152. The Hall–Kier alpha value is -0.720. The van der Waals surface area contributed by atoms with Crippen LogP contribution in [0.1, 0.15) is 24.7 Å². The lowest BCUT2D eigenvalue weighted by atomic mass is 10.1. The zero-order chi connectivity index (χ0) is 14.4. The first-order valence-corrected chi connectivity index (χ1v) is 6.66. The van der Waals surface area contributed by atoms with Crippen molar-refractivity contribution in [2.75, 3.05) is 13.2 Å². The SMILES string of the molecule is CCn1nc(C)c(Cl)c1CC(N)CCOCC(F)F. The fourth-order valence-corrected chi connectivity index (χ4v) is 2.03. The molecular weight excluding hydrogens is 276 g/mol. The van der Waals surface area contributed by atoms with Gasteiger partial charge >= 0.3 is 0 Å². The molecule has 1 heterocycles. The minimum absolute atomic E-state index is 0.184. The molecule has 0 spiro atoms. The van der Waals surface area contributed by atoms with Crippen LogP contribution in [0.4, 0.5) is 8.78 Å². The van der Waals surface area contributed by atoms with Gasteiger partial charge in [0.05, 0.1) is 16.4 Å². The third-order valence-corrected chi connectivity index (χ3v) is 3.28. The zero-order valence-corrected chi connectivity index (χ0v) is 12.0. The number of ether oxygens (including phenoxy) is 1. The van der Waals surface area contributed by atoms with Crippen LogP contribution in [-0.2, 0) is 17.7 Å². The van der Waals surface area contributed by atoms with Gasteiger partial charge in [0, 0.05) is 25.6 Å². The quantitative estimate of drug-likeness (QED) is 0.749. The number of alkyl halides is 2. The minimum atomic E-state index is -2.44. The number of halogens is 3. The van der Waals surface area contributed by atoms with Crippen LogP contribution in [0.3, 0.4) is 0 Å². The second-order valence-electron chi connectivity index (χ2n) is 4.38. The largest absolute Gasteiger partial charge is 0.375 e. The maximum atomic E-state index is 11.9. The first-order valence-electron chi connectivity index (χ1n) is 6.28. The van der Waals surface area contributed by atoms with Crippen LogP contribution in [0.5, 0.6) is 0 Å². The highest BCUT2D eigenvalue weighted by Gasteiger charge is 2.15. The normalized spacial score (nSPS) is 13.2. The lowest BCUT2D eigenvalue weighted by Crippen LogP contribution is -2.26. The Kier molecular flexibility index (Phi) is 6.68. The van der Waals surface area contributed by atoms with Crippen LogP contribution in [0.15, 0.2) is 0 Å². The van der Waals surface area contributed by atoms with Crippen molar-refractivity contribution in [1.29, 1.82) is 0 Å². The summed E-state index contributed by atoms with van der Waals surface area (Å²) in [4.78, 5) is 0. The molecule has 1 aromatic rings. The third-order valence-electron chi connectivity index (χ3n) is 2.79. The predicted octanol–water partition coefficient (Wildman–Crippen LogP) is 2.41. The number of nitrogens with zero attached hydrogens (tertiary/aromatic N) is 2. The molecule has 0 radical (unpaired) electrons. The molecule has 0 aliphatic rings. The van der Waals surface area contributed by atoms with E-state index in [-0.39, 0.29) is 12.6 Å². The van der Waals surface area contributed by atoms with Crippen LogP contribution in [0.25, 0.3) is 0 Å². The lowest BCUT2D eigenvalue weighted by Gasteiger charge is -2.13. The molecule has 0 saturated carbocycles. The zero-order valence-electron chi connectivity index (χ0n) is 11.2. The molecule has 1 atom stereocenters. The van der Waals surface area contributed by atoms with Gasteiger partial charge in [0.2, 0.25) is 0 Å². The van der Waals surface area contributed by atoms with Gasteiger partial charge in [-0.1, -0.05) is 11.6 Å². The minimum Gasteiger partial charge on any atom is -0.375 e. The van der Waals surface area contributed by atoms with E-state index in [2.05, 4.69) is 5.10 Å². The van der Waals surface area contributed by atoms with Gasteiger partial charge in [-0.2, -0.15) is 5.10 Å². The Morgan fingerprint density at radius 2 is 2.16 bits per heavy atom. The summed E-state index contributed by atoms with van der Waals surface area (Å²) in [5, 5.41) is 4.93. The fraction of sp³-hybridized carbons (Fsp3) is 0.750. The standard InChI is InChI=1S/C12H20ClF2N3O/c1-3-18-10(12(13)8(2)17-18)6-9(16)4-5-19-7-11(14)15/h9,11H,3-7,16H2,1-2H3. The summed E-state index contributed by atoms with van der Waals surface area (Å²) in [5.74, 6) is 0. The molecule has 2 N–H and O–H groups in total. The van der Waals surface area contributed by atoms with Gasteiger partial charge in [0.25, 0.3) is 6.43 Å². The van der Waals surface area contributed by atoms with Crippen molar-refractivity contribution in [3.05, 3.63) is 16.4 Å². The number of aromatic nitrogens is 2. The molecule has 0 aromatic carbocycles. The molecule has 1 unspecified atom stereocenters. The smallest absolute Gasteiger partial charge is 0.261 e. The van der Waals surface area contributed by atoms with Crippen LogP contribution in [0.2, 0.25) is 5.02 Å². The molecule has 0 saturated heterocycles. The van der Waals surface area contributed by atoms with Gasteiger partial charge in [-0.3, -0.25) is 4.68 Å². The summed E-state index contributed by atoms with van der Waals surface area (Å²) in [6.45, 7) is 4.22. The summed E-state index contributed by atoms with van der Waals surface area (Å²) < 4.78 is 30.4. The van der Waals surface area contributed by atoms with Crippen LogP contribution >= 0.6 is 11.6 Å². The van der Waals surface area contributed by atoms with Gasteiger partial charge in [-0.15, -0.1) is 0 Å². The first-order chi connectivity index (χ1) is 8.95. The van der Waals surface area contributed by atoms with Crippen molar-refractivity contribution >= 4 is 11.6 Å². The Morgan fingerprint density at radius 3 is 2.74 bits per heavy atom. The molecule has 0 aliphatic carbocycles. The summed E-state index contributed by atoms with van der Waals surface area (Å²) in [5.41, 5.74) is 7.63. The Bertz CT molecular complexity index is 399. The highest BCUT2D eigenvalue weighted by molar-refractivity contribution is 6.31.